The number of hydrogen-bond donors (Lipinski definition) is 1. The summed E-state index contributed by atoms with van der Waals surface area (Å²) in [5.74, 6) is -0.974. The van der Waals surface area contributed by atoms with Crippen LogP contribution in [-0.4, -0.2) is 35.6 Å². The van der Waals surface area contributed by atoms with Crippen molar-refractivity contribution in [2.24, 2.45) is 5.92 Å². The molecule has 1 atom stereocenters. The van der Waals surface area contributed by atoms with Gasteiger partial charge < -0.3 is 10.2 Å². The average Bonchev–Trinajstić information content (AvgIpc) is 2.49. The van der Waals surface area contributed by atoms with Crippen molar-refractivity contribution in [2.75, 3.05) is 6.54 Å². The van der Waals surface area contributed by atoms with E-state index < -0.39 is 17.7 Å². The first-order chi connectivity index (χ1) is 9.95. The second-order valence-electron chi connectivity index (χ2n) is 5.41. The van der Waals surface area contributed by atoms with Crippen LogP contribution in [0.3, 0.4) is 0 Å². The smallest absolute Gasteiger partial charge is 0.289 e. The second kappa shape index (κ2) is 8.19. The summed E-state index contributed by atoms with van der Waals surface area (Å²) in [5, 5.41) is 2.57. The number of ketones is 1. The molecular weight excluding hydrogens is 268 g/mol. The van der Waals surface area contributed by atoms with Crippen LogP contribution >= 0.6 is 0 Å². The Labute approximate surface area is 125 Å². The number of benzene rings is 1. The highest BCUT2D eigenvalue weighted by molar-refractivity contribution is 6.38. The van der Waals surface area contributed by atoms with Crippen molar-refractivity contribution in [3.63, 3.8) is 0 Å². The van der Waals surface area contributed by atoms with Crippen molar-refractivity contribution in [2.45, 2.75) is 33.4 Å². The van der Waals surface area contributed by atoms with E-state index in [2.05, 4.69) is 5.32 Å². The van der Waals surface area contributed by atoms with Crippen molar-refractivity contribution < 1.29 is 14.4 Å². The molecule has 0 aliphatic carbocycles. The van der Waals surface area contributed by atoms with Crippen molar-refractivity contribution >= 4 is 18.1 Å². The van der Waals surface area contributed by atoms with Crippen molar-refractivity contribution in [1.29, 1.82) is 0 Å². The number of carbonyl (C=O) groups is 3. The van der Waals surface area contributed by atoms with Gasteiger partial charge in [-0.2, -0.15) is 0 Å². The molecule has 0 radical (unpaired) electrons. The summed E-state index contributed by atoms with van der Waals surface area (Å²) in [6, 6.07) is 8.55. The maximum absolute atomic E-state index is 12.0. The van der Waals surface area contributed by atoms with Gasteiger partial charge in [-0.15, -0.1) is 0 Å². The Morgan fingerprint density at radius 1 is 1.19 bits per heavy atom. The van der Waals surface area contributed by atoms with Gasteiger partial charge in [0.1, 0.15) is 0 Å². The highest BCUT2D eigenvalue weighted by Gasteiger charge is 2.26. The van der Waals surface area contributed by atoms with Gasteiger partial charge in [-0.3, -0.25) is 14.4 Å². The zero-order chi connectivity index (χ0) is 15.8. The fourth-order valence-electron chi connectivity index (χ4n) is 1.78. The predicted molar refractivity (Wildman–Crippen MR) is 80.4 cm³/mol. The van der Waals surface area contributed by atoms with E-state index in [1.807, 2.05) is 44.2 Å². The molecule has 0 aliphatic heterocycles. The van der Waals surface area contributed by atoms with Gasteiger partial charge in [0.2, 0.25) is 12.2 Å². The molecule has 0 heterocycles. The van der Waals surface area contributed by atoms with E-state index in [4.69, 9.17) is 0 Å². The fourth-order valence-corrected chi connectivity index (χ4v) is 1.78. The number of hydrogen-bond acceptors (Lipinski definition) is 3. The lowest BCUT2D eigenvalue weighted by Gasteiger charge is -2.23. The molecule has 1 rings (SSSR count). The van der Waals surface area contributed by atoms with Crippen LogP contribution in [0, 0.1) is 5.92 Å². The standard InChI is InChI=1S/C16H22N2O3/c1-12(2)9-17-16(21)15(20)13(3)18(11-19)10-14-7-5-4-6-8-14/h4-8,11-13H,9-10H2,1-3H3,(H,17,21). The molecule has 0 aliphatic rings. The minimum Gasteiger partial charge on any atom is -0.349 e. The van der Waals surface area contributed by atoms with Crippen molar-refractivity contribution in [3.05, 3.63) is 35.9 Å². The molecule has 0 aromatic heterocycles. The summed E-state index contributed by atoms with van der Waals surface area (Å²) in [7, 11) is 0. The van der Waals surface area contributed by atoms with E-state index in [9.17, 15) is 14.4 Å². The minimum absolute atomic E-state index is 0.267. The molecule has 114 valence electrons. The zero-order valence-electron chi connectivity index (χ0n) is 12.7. The first-order valence-electron chi connectivity index (χ1n) is 7.02. The third kappa shape index (κ3) is 5.38. The number of rotatable bonds is 8. The van der Waals surface area contributed by atoms with Crippen LogP contribution in [0.1, 0.15) is 26.3 Å². The SMILES string of the molecule is CC(C)CNC(=O)C(=O)C(C)N(C=O)Cc1ccccc1. The van der Waals surface area contributed by atoms with E-state index in [0.29, 0.717) is 19.5 Å². The number of nitrogens with one attached hydrogen (secondary N) is 1. The van der Waals surface area contributed by atoms with Gasteiger partial charge in [0.15, 0.2) is 0 Å². The monoisotopic (exact) mass is 290 g/mol. The Morgan fingerprint density at radius 3 is 2.33 bits per heavy atom. The average molecular weight is 290 g/mol. The molecule has 0 saturated carbocycles. The van der Waals surface area contributed by atoms with Gasteiger partial charge >= 0.3 is 0 Å². The first-order valence-corrected chi connectivity index (χ1v) is 7.02. The molecule has 1 aromatic rings. The van der Waals surface area contributed by atoms with Gasteiger partial charge in [0, 0.05) is 13.1 Å². The third-order valence-corrected chi connectivity index (χ3v) is 3.11. The zero-order valence-corrected chi connectivity index (χ0v) is 12.7. The quantitative estimate of drug-likeness (QED) is 0.581. The van der Waals surface area contributed by atoms with Crippen LogP contribution in [0.5, 0.6) is 0 Å². The van der Waals surface area contributed by atoms with Gasteiger partial charge in [-0.1, -0.05) is 44.2 Å². The molecule has 1 unspecified atom stereocenters. The second-order valence-corrected chi connectivity index (χ2v) is 5.41. The van der Waals surface area contributed by atoms with Crippen LogP contribution < -0.4 is 5.32 Å². The summed E-state index contributed by atoms with van der Waals surface area (Å²) < 4.78 is 0. The Kier molecular flexibility index (Phi) is 6.59. The molecule has 0 spiro atoms. The third-order valence-electron chi connectivity index (χ3n) is 3.11. The minimum atomic E-state index is -0.783. The number of Topliss-reactive ketones (excluding diaryl/α,β-unsaturated/α-hetero) is 1. The van der Waals surface area contributed by atoms with E-state index in [-0.39, 0.29) is 5.92 Å². The first kappa shape index (κ1) is 16.9. The number of amides is 2. The fraction of sp³-hybridized carbons (Fsp3) is 0.438. The van der Waals surface area contributed by atoms with E-state index in [0.717, 1.165) is 5.56 Å². The maximum Gasteiger partial charge on any atom is 0.289 e. The normalized spacial score (nSPS) is 11.8. The number of nitrogens with zero attached hydrogens (tertiary/aromatic N) is 1. The predicted octanol–water partition coefficient (Wildman–Crippen LogP) is 1.37. The summed E-state index contributed by atoms with van der Waals surface area (Å²) in [6.07, 6.45) is 0.602. The molecular formula is C16H22N2O3. The van der Waals surface area contributed by atoms with Gasteiger partial charge in [0.05, 0.1) is 6.04 Å². The summed E-state index contributed by atoms with van der Waals surface area (Å²) >= 11 is 0. The van der Waals surface area contributed by atoms with Crippen LogP contribution in [0.2, 0.25) is 0 Å². The molecule has 0 saturated heterocycles. The van der Waals surface area contributed by atoms with E-state index in [1.165, 1.54) is 4.90 Å². The lowest BCUT2D eigenvalue weighted by atomic mass is 10.1. The van der Waals surface area contributed by atoms with Crippen molar-refractivity contribution in [3.8, 4) is 0 Å². The Morgan fingerprint density at radius 2 is 1.81 bits per heavy atom. The van der Waals surface area contributed by atoms with E-state index in [1.54, 1.807) is 6.92 Å². The van der Waals surface area contributed by atoms with Gasteiger partial charge in [0.25, 0.3) is 5.91 Å². The maximum atomic E-state index is 12.0. The Balaban J connectivity index is 2.65. The van der Waals surface area contributed by atoms with Gasteiger partial charge in [-0.05, 0) is 18.4 Å². The van der Waals surface area contributed by atoms with Crippen LogP contribution in [0.15, 0.2) is 30.3 Å². The molecule has 1 aromatic carbocycles. The molecule has 2 amide bonds. The Hall–Kier alpha value is -2.17. The largest absolute Gasteiger partial charge is 0.349 e. The lowest BCUT2D eigenvalue weighted by molar-refractivity contribution is -0.142. The summed E-state index contributed by atoms with van der Waals surface area (Å²) in [4.78, 5) is 36.3. The van der Waals surface area contributed by atoms with Crippen LogP contribution in [0.25, 0.3) is 0 Å². The van der Waals surface area contributed by atoms with Gasteiger partial charge in [-0.25, -0.2) is 0 Å². The summed E-state index contributed by atoms with van der Waals surface area (Å²) in [6.45, 7) is 6.20. The highest BCUT2D eigenvalue weighted by atomic mass is 16.2. The molecule has 21 heavy (non-hydrogen) atoms. The Bertz CT molecular complexity index is 486. The molecule has 1 N–H and O–H groups in total. The van der Waals surface area contributed by atoms with E-state index >= 15 is 0 Å². The topological polar surface area (TPSA) is 66.5 Å². The molecule has 5 nitrogen and oxygen atoms in total. The number of carbonyl (C=O) groups excluding carboxylic acids is 3. The lowest BCUT2D eigenvalue weighted by Crippen LogP contribution is -2.46. The van der Waals surface area contributed by atoms with Crippen molar-refractivity contribution in [1.82, 2.24) is 10.2 Å². The van der Waals surface area contributed by atoms with Crippen LogP contribution in [0.4, 0.5) is 0 Å². The molecule has 5 heteroatoms. The summed E-state index contributed by atoms with van der Waals surface area (Å²) in [5.41, 5.74) is 0.909. The molecule has 0 fully saturated rings. The molecule has 0 bridgehead atoms. The van der Waals surface area contributed by atoms with Crippen LogP contribution in [-0.2, 0) is 20.9 Å². The highest BCUT2D eigenvalue weighted by Crippen LogP contribution is 2.07.